The van der Waals surface area contributed by atoms with Crippen LogP contribution in [0, 0.1) is 5.41 Å². The van der Waals surface area contributed by atoms with Gasteiger partial charge in [-0.25, -0.2) is 8.42 Å². The lowest BCUT2D eigenvalue weighted by molar-refractivity contribution is -0.131. The molecule has 0 bridgehead atoms. The zero-order chi connectivity index (χ0) is 20.7. The Labute approximate surface area is 164 Å². The summed E-state index contributed by atoms with van der Waals surface area (Å²) in [7, 11) is -3.31. The van der Waals surface area contributed by atoms with Gasteiger partial charge in [-0.1, -0.05) is 32.9 Å². The van der Waals surface area contributed by atoms with Crippen LogP contribution in [0.2, 0.25) is 0 Å². The van der Waals surface area contributed by atoms with E-state index in [1.165, 1.54) is 0 Å². The van der Waals surface area contributed by atoms with E-state index >= 15 is 0 Å². The third kappa shape index (κ3) is 9.77. The van der Waals surface area contributed by atoms with Crippen LogP contribution in [0.4, 0.5) is 5.69 Å². The molecule has 0 aliphatic heterocycles. The lowest BCUT2D eigenvalue weighted by Crippen LogP contribution is -2.32. The van der Waals surface area contributed by atoms with Crippen LogP contribution in [0.5, 0.6) is 0 Å². The van der Waals surface area contributed by atoms with Gasteiger partial charge in [-0.05, 0) is 49.3 Å². The molecule has 1 aromatic rings. The molecule has 27 heavy (non-hydrogen) atoms. The largest absolute Gasteiger partial charge is 0.388 e. The lowest BCUT2D eigenvalue weighted by Gasteiger charge is -2.24. The monoisotopic (exact) mass is 398 g/mol. The Morgan fingerprint density at radius 3 is 2.30 bits per heavy atom. The Kier molecular flexibility index (Phi) is 8.75. The van der Waals surface area contributed by atoms with Gasteiger partial charge in [-0.15, -0.1) is 0 Å². The van der Waals surface area contributed by atoms with Crippen molar-refractivity contribution in [3.05, 3.63) is 29.8 Å². The van der Waals surface area contributed by atoms with E-state index < -0.39 is 16.1 Å². The highest BCUT2D eigenvalue weighted by molar-refractivity contribution is 7.92. The van der Waals surface area contributed by atoms with Crippen LogP contribution in [0.3, 0.4) is 0 Å². The van der Waals surface area contributed by atoms with Crippen LogP contribution in [0.25, 0.3) is 0 Å². The van der Waals surface area contributed by atoms with Crippen LogP contribution < -0.4 is 4.72 Å². The Hall–Kier alpha value is -1.60. The minimum atomic E-state index is -3.31. The van der Waals surface area contributed by atoms with E-state index in [0.717, 1.165) is 18.2 Å². The number of carbonyl (C=O) groups excluding carboxylic acids is 1. The summed E-state index contributed by atoms with van der Waals surface area (Å²) in [5.41, 5.74) is 1.34. The molecule has 7 heteroatoms. The highest BCUT2D eigenvalue weighted by Crippen LogP contribution is 2.23. The normalized spacial score (nSPS) is 13.3. The minimum Gasteiger partial charge on any atom is -0.388 e. The van der Waals surface area contributed by atoms with Crippen molar-refractivity contribution in [2.45, 2.75) is 59.5 Å². The van der Waals surface area contributed by atoms with Gasteiger partial charge < -0.3 is 10.0 Å². The summed E-state index contributed by atoms with van der Waals surface area (Å²) in [6.45, 7) is 9.66. The molecule has 0 spiro atoms. The van der Waals surface area contributed by atoms with Crippen LogP contribution in [0.15, 0.2) is 24.3 Å². The van der Waals surface area contributed by atoms with Gasteiger partial charge in [-0.2, -0.15) is 0 Å². The SMILES string of the molecule is CCN(CCCC(O)c1ccc(NS(C)(=O)=O)cc1)C(=O)CCC(C)(C)C. The first-order valence-electron chi connectivity index (χ1n) is 9.45. The van der Waals surface area contributed by atoms with Gasteiger partial charge in [-0.3, -0.25) is 9.52 Å². The molecule has 1 atom stereocenters. The van der Waals surface area contributed by atoms with Gasteiger partial charge >= 0.3 is 0 Å². The van der Waals surface area contributed by atoms with Crippen LogP contribution in [-0.2, 0) is 14.8 Å². The third-order valence-electron chi connectivity index (χ3n) is 4.33. The molecule has 1 aromatic carbocycles. The fourth-order valence-electron chi connectivity index (χ4n) is 2.73. The number of sulfonamides is 1. The Balaban J connectivity index is 2.48. The van der Waals surface area contributed by atoms with E-state index in [9.17, 15) is 18.3 Å². The van der Waals surface area contributed by atoms with Crippen molar-refractivity contribution in [3.63, 3.8) is 0 Å². The van der Waals surface area contributed by atoms with Crippen molar-refractivity contribution in [1.82, 2.24) is 4.90 Å². The molecule has 0 fully saturated rings. The summed E-state index contributed by atoms with van der Waals surface area (Å²) in [5, 5.41) is 10.3. The molecule has 0 saturated heterocycles. The van der Waals surface area contributed by atoms with Gasteiger partial charge in [0.25, 0.3) is 0 Å². The second kappa shape index (κ2) is 10.1. The zero-order valence-corrected chi connectivity index (χ0v) is 18.0. The number of benzene rings is 1. The maximum Gasteiger partial charge on any atom is 0.229 e. The number of rotatable bonds is 10. The first-order chi connectivity index (χ1) is 12.4. The van der Waals surface area contributed by atoms with Crippen molar-refractivity contribution in [2.75, 3.05) is 24.1 Å². The van der Waals surface area contributed by atoms with Gasteiger partial charge in [0.2, 0.25) is 15.9 Å². The van der Waals surface area contributed by atoms with Crippen LogP contribution in [0.1, 0.15) is 65.0 Å². The van der Waals surface area contributed by atoms with Crippen molar-refractivity contribution in [3.8, 4) is 0 Å². The molecule has 6 nitrogen and oxygen atoms in total. The second-order valence-electron chi connectivity index (χ2n) is 8.19. The van der Waals surface area contributed by atoms with Gasteiger partial charge in [0.1, 0.15) is 0 Å². The molecule has 0 saturated carbocycles. The van der Waals surface area contributed by atoms with Crippen molar-refractivity contribution >= 4 is 21.6 Å². The van der Waals surface area contributed by atoms with Crippen molar-refractivity contribution in [2.24, 2.45) is 5.41 Å². The van der Waals surface area contributed by atoms with Crippen LogP contribution in [-0.4, -0.2) is 43.7 Å². The van der Waals surface area contributed by atoms with Crippen LogP contribution >= 0.6 is 0 Å². The molecule has 0 heterocycles. The highest BCUT2D eigenvalue weighted by atomic mass is 32.2. The molecular formula is C20H34N2O4S. The van der Waals surface area contributed by atoms with Gasteiger partial charge in [0.05, 0.1) is 12.4 Å². The van der Waals surface area contributed by atoms with Crippen molar-refractivity contribution in [1.29, 1.82) is 0 Å². The number of nitrogens with one attached hydrogen (secondary N) is 1. The summed E-state index contributed by atoms with van der Waals surface area (Å²) in [6.07, 6.45) is 3.12. The number of aliphatic hydroxyl groups excluding tert-OH is 1. The quantitative estimate of drug-likeness (QED) is 0.631. The summed E-state index contributed by atoms with van der Waals surface area (Å²) in [5.74, 6) is 0.165. The number of carbonyl (C=O) groups is 1. The van der Waals surface area contributed by atoms with Gasteiger partial charge in [0.15, 0.2) is 0 Å². The molecule has 0 aliphatic rings. The Morgan fingerprint density at radius 2 is 1.81 bits per heavy atom. The molecule has 2 N–H and O–H groups in total. The first kappa shape index (κ1) is 23.4. The number of nitrogens with zero attached hydrogens (tertiary/aromatic N) is 1. The number of anilines is 1. The molecular weight excluding hydrogens is 364 g/mol. The number of aliphatic hydroxyl groups is 1. The fraction of sp³-hybridized carbons (Fsp3) is 0.650. The number of amides is 1. The topological polar surface area (TPSA) is 86.7 Å². The minimum absolute atomic E-state index is 0.142. The highest BCUT2D eigenvalue weighted by Gasteiger charge is 2.17. The number of hydrogen-bond acceptors (Lipinski definition) is 4. The Morgan fingerprint density at radius 1 is 1.22 bits per heavy atom. The molecule has 1 rings (SSSR count). The van der Waals surface area contributed by atoms with Gasteiger partial charge in [0, 0.05) is 25.2 Å². The summed E-state index contributed by atoms with van der Waals surface area (Å²) in [4.78, 5) is 14.2. The van der Waals surface area contributed by atoms with E-state index in [-0.39, 0.29) is 11.3 Å². The smallest absolute Gasteiger partial charge is 0.229 e. The summed E-state index contributed by atoms with van der Waals surface area (Å²) >= 11 is 0. The standard InChI is InChI=1S/C20H34N2O4S/c1-6-22(19(24)13-14-20(2,3)4)15-7-8-18(23)16-9-11-17(12-10-16)21-27(5,25)26/h9-12,18,21,23H,6-8,13-15H2,1-5H3. The molecule has 154 valence electrons. The second-order valence-corrected chi connectivity index (χ2v) is 9.94. The van der Waals surface area contributed by atoms with E-state index in [1.54, 1.807) is 24.3 Å². The van der Waals surface area contributed by atoms with E-state index in [2.05, 4.69) is 25.5 Å². The molecule has 1 unspecified atom stereocenters. The van der Waals surface area contributed by atoms with Crippen molar-refractivity contribution < 1.29 is 18.3 Å². The first-order valence-corrected chi connectivity index (χ1v) is 11.3. The third-order valence-corrected chi connectivity index (χ3v) is 4.93. The van der Waals surface area contributed by atoms with E-state index in [1.807, 2.05) is 11.8 Å². The molecule has 1 amide bonds. The maximum atomic E-state index is 12.3. The average Bonchev–Trinajstić information content (AvgIpc) is 2.55. The molecule has 0 aromatic heterocycles. The fourth-order valence-corrected chi connectivity index (χ4v) is 3.29. The average molecular weight is 399 g/mol. The van der Waals surface area contributed by atoms with E-state index in [0.29, 0.717) is 38.0 Å². The lowest BCUT2D eigenvalue weighted by atomic mass is 9.90. The molecule has 0 aliphatic carbocycles. The predicted octanol–water partition coefficient (Wildman–Crippen LogP) is 3.55. The van der Waals surface area contributed by atoms with E-state index in [4.69, 9.17) is 0 Å². The summed E-state index contributed by atoms with van der Waals surface area (Å²) < 4.78 is 24.8. The predicted molar refractivity (Wildman–Crippen MR) is 110 cm³/mol. The molecule has 0 radical (unpaired) electrons. The number of hydrogen-bond donors (Lipinski definition) is 2. The zero-order valence-electron chi connectivity index (χ0n) is 17.2. The summed E-state index contributed by atoms with van der Waals surface area (Å²) in [6, 6.07) is 6.69. The maximum absolute atomic E-state index is 12.3. The Bertz CT molecular complexity index is 694.